The first kappa shape index (κ1) is 23.5. The van der Waals surface area contributed by atoms with Gasteiger partial charge in [0.25, 0.3) is 5.91 Å². The molecule has 0 unspecified atom stereocenters. The molecule has 7 nitrogen and oxygen atoms in total. The molecular formula is C21H27F3N2O5. The number of pyridine rings is 1. The molecule has 3 fully saturated rings. The number of carbonyl (C=O) groups excluding carboxylic acids is 1. The van der Waals surface area contributed by atoms with Crippen molar-refractivity contribution in [1.29, 1.82) is 0 Å². The van der Waals surface area contributed by atoms with Crippen LogP contribution in [0.2, 0.25) is 0 Å². The molecule has 1 aliphatic carbocycles. The highest BCUT2D eigenvalue weighted by molar-refractivity contribution is 5.94. The van der Waals surface area contributed by atoms with Crippen molar-refractivity contribution >= 4 is 11.9 Å². The van der Waals surface area contributed by atoms with Crippen molar-refractivity contribution < 1.29 is 37.3 Å². The Kier molecular flexibility index (Phi) is 7.20. The van der Waals surface area contributed by atoms with Gasteiger partial charge in [-0.25, -0.2) is 4.79 Å². The first-order valence-corrected chi connectivity index (χ1v) is 10.4. The van der Waals surface area contributed by atoms with Crippen molar-refractivity contribution in [2.45, 2.75) is 56.9 Å². The lowest BCUT2D eigenvalue weighted by atomic mass is 9.89. The van der Waals surface area contributed by atoms with Crippen LogP contribution in [0, 0.1) is 12.8 Å². The second-order valence-electron chi connectivity index (χ2n) is 8.42. The molecule has 0 aromatic carbocycles. The average molecular weight is 444 g/mol. The van der Waals surface area contributed by atoms with Gasteiger partial charge in [0.05, 0.1) is 30.4 Å². The van der Waals surface area contributed by atoms with Gasteiger partial charge >= 0.3 is 12.1 Å². The lowest BCUT2D eigenvalue weighted by Gasteiger charge is -2.39. The molecule has 1 saturated carbocycles. The van der Waals surface area contributed by atoms with Crippen molar-refractivity contribution in [3.05, 3.63) is 29.6 Å². The minimum absolute atomic E-state index is 0.0625. The van der Waals surface area contributed by atoms with Crippen LogP contribution in [0.1, 0.15) is 48.2 Å². The first-order valence-electron chi connectivity index (χ1n) is 10.4. The highest BCUT2D eigenvalue weighted by Crippen LogP contribution is 2.37. The molecule has 3 heterocycles. The van der Waals surface area contributed by atoms with Gasteiger partial charge in [0.2, 0.25) is 0 Å². The van der Waals surface area contributed by atoms with Crippen LogP contribution < -0.4 is 0 Å². The Balaban J connectivity index is 0.000000339. The molecule has 1 amide bonds. The van der Waals surface area contributed by atoms with E-state index >= 15 is 0 Å². The number of likely N-dealkylation sites (tertiary alicyclic amines) is 1. The number of nitrogens with zero attached hydrogens (tertiary/aromatic N) is 2. The Labute approximate surface area is 178 Å². The van der Waals surface area contributed by atoms with E-state index in [1.54, 1.807) is 6.20 Å². The molecule has 2 atom stereocenters. The van der Waals surface area contributed by atoms with Gasteiger partial charge in [-0.05, 0) is 50.7 Å². The predicted octanol–water partition coefficient (Wildman–Crippen LogP) is 3.21. The second-order valence-corrected chi connectivity index (χ2v) is 8.42. The molecule has 10 heteroatoms. The van der Waals surface area contributed by atoms with Crippen LogP contribution in [0.4, 0.5) is 13.2 Å². The smallest absolute Gasteiger partial charge is 0.475 e. The first-order chi connectivity index (χ1) is 14.6. The Morgan fingerprint density at radius 1 is 1.35 bits per heavy atom. The molecule has 0 bridgehead atoms. The monoisotopic (exact) mass is 444 g/mol. The molecule has 31 heavy (non-hydrogen) atoms. The molecule has 1 spiro atoms. The van der Waals surface area contributed by atoms with Gasteiger partial charge in [-0.15, -0.1) is 0 Å². The summed E-state index contributed by atoms with van der Waals surface area (Å²) >= 11 is 0. The Hall–Kier alpha value is -2.20. The van der Waals surface area contributed by atoms with Gasteiger partial charge < -0.3 is 19.5 Å². The molecule has 1 aromatic heterocycles. The molecule has 2 saturated heterocycles. The largest absolute Gasteiger partial charge is 0.490 e. The maximum atomic E-state index is 12.8. The summed E-state index contributed by atoms with van der Waals surface area (Å²) in [7, 11) is 0. The summed E-state index contributed by atoms with van der Waals surface area (Å²) < 4.78 is 43.9. The summed E-state index contributed by atoms with van der Waals surface area (Å²) in [5.41, 5.74) is 1.38. The van der Waals surface area contributed by atoms with E-state index in [4.69, 9.17) is 19.4 Å². The lowest BCUT2D eigenvalue weighted by Crippen LogP contribution is -2.50. The third-order valence-corrected chi connectivity index (χ3v) is 5.67. The molecule has 1 N–H and O–H groups in total. The number of carbonyl (C=O) groups is 2. The van der Waals surface area contributed by atoms with Crippen LogP contribution in [-0.2, 0) is 14.3 Å². The number of ether oxygens (including phenoxy) is 2. The second kappa shape index (κ2) is 9.52. The third-order valence-electron chi connectivity index (χ3n) is 5.67. The van der Waals surface area contributed by atoms with E-state index in [0.717, 1.165) is 44.0 Å². The van der Waals surface area contributed by atoms with Crippen LogP contribution in [0.25, 0.3) is 0 Å². The average Bonchev–Trinajstić information content (AvgIpc) is 3.48. The van der Waals surface area contributed by atoms with E-state index < -0.39 is 12.1 Å². The molecule has 3 aliphatic rings. The van der Waals surface area contributed by atoms with Gasteiger partial charge in [0.1, 0.15) is 0 Å². The van der Waals surface area contributed by atoms with E-state index in [-0.39, 0.29) is 17.6 Å². The van der Waals surface area contributed by atoms with Gasteiger partial charge in [0.15, 0.2) is 0 Å². The zero-order valence-electron chi connectivity index (χ0n) is 17.4. The highest BCUT2D eigenvalue weighted by Gasteiger charge is 2.45. The van der Waals surface area contributed by atoms with Crippen LogP contribution in [0.15, 0.2) is 18.3 Å². The maximum Gasteiger partial charge on any atom is 0.490 e. The molecule has 172 valence electrons. The summed E-state index contributed by atoms with van der Waals surface area (Å²) in [6, 6.07) is 3.75. The van der Waals surface area contributed by atoms with Crippen molar-refractivity contribution in [3.8, 4) is 0 Å². The number of halogens is 3. The maximum absolute atomic E-state index is 12.8. The molecule has 0 radical (unpaired) electrons. The number of aromatic nitrogens is 1. The lowest BCUT2D eigenvalue weighted by molar-refractivity contribution is -0.192. The highest BCUT2D eigenvalue weighted by atomic mass is 19.4. The van der Waals surface area contributed by atoms with Crippen molar-refractivity contribution in [2.24, 2.45) is 5.92 Å². The number of hydrogen-bond donors (Lipinski definition) is 1. The minimum Gasteiger partial charge on any atom is -0.475 e. The van der Waals surface area contributed by atoms with Crippen molar-refractivity contribution in [1.82, 2.24) is 9.88 Å². The van der Waals surface area contributed by atoms with Crippen molar-refractivity contribution in [3.63, 3.8) is 0 Å². The molecule has 1 aromatic rings. The normalized spacial score (nSPS) is 25.8. The van der Waals surface area contributed by atoms with E-state index in [9.17, 15) is 18.0 Å². The third kappa shape index (κ3) is 6.64. The number of alkyl halides is 3. The zero-order valence-corrected chi connectivity index (χ0v) is 17.4. The number of carboxylic acid groups (broad SMARTS) is 1. The number of piperidine rings is 1. The molecule has 2 aliphatic heterocycles. The summed E-state index contributed by atoms with van der Waals surface area (Å²) in [4.78, 5) is 27.8. The predicted molar refractivity (Wildman–Crippen MR) is 104 cm³/mol. The van der Waals surface area contributed by atoms with E-state index in [1.807, 2.05) is 24.0 Å². The number of hydrogen-bond acceptors (Lipinski definition) is 5. The standard InChI is InChI=1S/C19H26N2O3.C2HF3O2/c1-14-3-6-16(10-20-14)18(22)21-8-2-7-19(13-21)9-17(12-24-19)23-11-15-4-5-15;3-2(4,5)1(6)7/h3,6,10,15,17H,2,4-5,7-9,11-13H2,1H3;(H,6,7)/t17-,19+;/m1./s1. The Morgan fingerprint density at radius 2 is 2.06 bits per heavy atom. The van der Waals surface area contributed by atoms with Gasteiger partial charge in [-0.2, -0.15) is 13.2 Å². The van der Waals surface area contributed by atoms with E-state index in [0.29, 0.717) is 18.7 Å². The summed E-state index contributed by atoms with van der Waals surface area (Å²) in [6.07, 6.45) is 2.33. The van der Waals surface area contributed by atoms with Gasteiger partial charge in [-0.1, -0.05) is 0 Å². The van der Waals surface area contributed by atoms with Gasteiger partial charge in [-0.3, -0.25) is 9.78 Å². The van der Waals surface area contributed by atoms with Gasteiger partial charge in [0, 0.05) is 31.5 Å². The fourth-order valence-electron chi connectivity index (χ4n) is 3.80. The topological polar surface area (TPSA) is 89.0 Å². The fourth-order valence-corrected chi connectivity index (χ4v) is 3.80. The number of aryl methyl sites for hydroxylation is 1. The quantitative estimate of drug-likeness (QED) is 0.767. The Bertz CT molecular complexity index is 782. The summed E-state index contributed by atoms with van der Waals surface area (Å²) in [6.45, 7) is 4.94. The van der Waals surface area contributed by atoms with E-state index in [1.165, 1.54) is 12.8 Å². The van der Waals surface area contributed by atoms with Crippen LogP contribution in [0.3, 0.4) is 0 Å². The van der Waals surface area contributed by atoms with Crippen LogP contribution in [-0.4, -0.2) is 71.1 Å². The molecular weight excluding hydrogens is 417 g/mol. The minimum atomic E-state index is -5.08. The SMILES string of the molecule is Cc1ccc(C(=O)N2CCC[C@]3(C[C@@H](OCC4CC4)CO3)C2)cn1.O=C(O)C(F)(F)F. The fraction of sp³-hybridized carbons (Fsp3) is 0.667. The summed E-state index contributed by atoms with van der Waals surface area (Å²) in [5.74, 6) is -1.92. The Morgan fingerprint density at radius 3 is 2.65 bits per heavy atom. The van der Waals surface area contributed by atoms with E-state index in [2.05, 4.69) is 4.98 Å². The van der Waals surface area contributed by atoms with Crippen LogP contribution >= 0.6 is 0 Å². The zero-order chi connectivity index (χ0) is 22.6. The number of carboxylic acids is 1. The number of rotatable bonds is 4. The number of aliphatic carboxylic acids is 1. The number of amides is 1. The van der Waals surface area contributed by atoms with Crippen LogP contribution in [0.5, 0.6) is 0 Å². The van der Waals surface area contributed by atoms with Crippen molar-refractivity contribution in [2.75, 3.05) is 26.3 Å². The summed E-state index contributed by atoms with van der Waals surface area (Å²) in [5, 5.41) is 7.12. The molecule has 4 rings (SSSR count).